The van der Waals surface area contributed by atoms with Crippen LogP contribution >= 0.6 is 0 Å². The van der Waals surface area contributed by atoms with E-state index in [1.807, 2.05) is 0 Å². The maximum absolute atomic E-state index is 5.35. The van der Waals surface area contributed by atoms with E-state index < -0.39 is 0 Å². The summed E-state index contributed by atoms with van der Waals surface area (Å²) in [6.45, 7) is 5.67. The molecular formula is C20H40O. The normalized spacial score (nSPS) is 18.9. The first-order chi connectivity index (χ1) is 10.4. The Morgan fingerprint density at radius 3 is 1.67 bits per heavy atom. The zero-order chi connectivity index (χ0) is 15.2. The van der Waals surface area contributed by atoms with E-state index in [1.165, 1.54) is 96.3 Å². The monoisotopic (exact) mass is 296 g/mol. The number of hydrogen-bond donors (Lipinski definition) is 0. The van der Waals surface area contributed by atoms with E-state index in [0.29, 0.717) is 6.10 Å². The van der Waals surface area contributed by atoms with E-state index in [4.69, 9.17) is 4.74 Å². The van der Waals surface area contributed by atoms with Gasteiger partial charge in [-0.05, 0) is 12.3 Å². The van der Waals surface area contributed by atoms with Crippen LogP contribution in [0.3, 0.4) is 0 Å². The van der Waals surface area contributed by atoms with E-state index >= 15 is 0 Å². The van der Waals surface area contributed by atoms with Gasteiger partial charge in [-0.1, -0.05) is 104 Å². The van der Waals surface area contributed by atoms with Crippen LogP contribution in [0.1, 0.15) is 110 Å². The van der Waals surface area contributed by atoms with Crippen LogP contribution in [0.5, 0.6) is 0 Å². The molecule has 1 rings (SSSR count). The summed E-state index contributed by atoms with van der Waals surface area (Å²) >= 11 is 0. The second-order valence-electron chi connectivity index (χ2n) is 7.14. The van der Waals surface area contributed by atoms with Crippen molar-refractivity contribution in [3.63, 3.8) is 0 Å². The molecule has 0 radical (unpaired) electrons. The Balaban J connectivity index is 1.73. The van der Waals surface area contributed by atoms with Crippen LogP contribution < -0.4 is 0 Å². The smallest absolute Gasteiger partial charge is 0.0812 e. The van der Waals surface area contributed by atoms with Crippen LogP contribution in [-0.4, -0.2) is 12.7 Å². The van der Waals surface area contributed by atoms with E-state index in [9.17, 15) is 0 Å². The van der Waals surface area contributed by atoms with E-state index in [2.05, 4.69) is 13.8 Å². The molecule has 1 aliphatic rings. The molecule has 1 fully saturated rings. The molecule has 1 heterocycles. The molecule has 0 N–H and O–H groups in total. The lowest BCUT2D eigenvalue weighted by Gasteiger charge is -2.12. The van der Waals surface area contributed by atoms with Gasteiger partial charge in [-0.25, -0.2) is 0 Å². The summed E-state index contributed by atoms with van der Waals surface area (Å²) in [6.07, 6.45) is 22.2. The third-order valence-electron chi connectivity index (χ3n) is 5.04. The molecule has 126 valence electrons. The fourth-order valence-electron chi connectivity index (χ4n) is 3.34. The standard InChI is InChI=1S/C20H40O/c1-3-5-6-7-8-9-10-11-12-13-14-15-16-19(4-2)17-20-18-21-20/h19-20H,3-18H2,1-2H3. The van der Waals surface area contributed by atoms with Gasteiger partial charge >= 0.3 is 0 Å². The van der Waals surface area contributed by atoms with Crippen molar-refractivity contribution in [1.29, 1.82) is 0 Å². The van der Waals surface area contributed by atoms with E-state index in [-0.39, 0.29) is 0 Å². The van der Waals surface area contributed by atoms with Gasteiger partial charge in [0, 0.05) is 0 Å². The molecule has 21 heavy (non-hydrogen) atoms. The van der Waals surface area contributed by atoms with Gasteiger partial charge < -0.3 is 4.74 Å². The zero-order valence-electron chi connectivity index (χ0n) is 14.9. The molecule has 0 saturated carbocycles. The van der Waals surface area contributed by atoms with Gasteiger partial charge in [0.1, 0.15) is 0 Å². The molecule has 0 aromatic carbocycles. The zero-order valence-corrected chi connectivity index (χ0v) is 14.9. The first-order valence-electron chi connectivity index (χ1n) is 9.98. The Bertz CT molecular complexity index is 210. The minimum Gasteiger partial charge on any atom is -0.373 e. The van der Waals surface area contributed by atoms with Gasteiger partial charge in [0.05, 0.1) is 12.7 Å². The van der Waals surface area contributed by atoms with Crippen molar-refractivity contribution < 1.29 is 4.74 Å². The summed E-state index contributed by atoms with van der Waals surface area (Å²) in [5.74, 6) is 0.931. The Hall–Kier alpha value is -0.0400. The van der Waals surface area contributed by atoms with Crippen LogP contribution in [0.2, 0.25) is 0 Å². The van der Waals surface area contributed by atoms with Crippen LogP contribution in [0.25, 0.3) is 0 Å². The highest BCUT2D eigenvalue weighted by Crippen LogP contribution is 2.26. The van der Waals surface area contributed by atoms with Crippen molar-refractivity contribution in [3.8, 4) is 0 Å². The van der Waals surface area contributed by atoms with Gasteiger partial charge in [-0.2, -0.15) is 0 Å². The molecule has 1 heteroatoms. The molecule has 0 amide bonds. The average Bonchev–Trinajstić information content (AvgIpc) is 3.31. The van der Waals surface area contributed by atoms with Crippen molar-refractivity contribution in [2.24, 2.45) is 5.92 Å². The van der Waals surface area contributed by atoms with Gasteiger partial charge in [0.15, 0.2) is 0 Å². The first-order valence-corrected chi connectivity index (χ1v) is 9.98. The molecule has 1 aliphatic heterocycles. The minimum absolute atomic E-state index is 0.632. The molecule has 0 aromatic rings. The quantitative estimate of drug-likeness (QED) is 0.223. The highest BCUT2D eigenvalue weighted by atomic mass is 16.6. The van der Waals surface area contributed by atoms with Crippen molar-refractivity contribution in [1.82, 2.24) is 0 Å². The summed E-state index contributed by atoms with van der Waals surface area (Å²) in [7, 11) is 0. The average molecular weight is 297 g/mol. The molecule has 1 nitrogen and oxygen atoms in total. The molecule has 1 saturated heterocycles. The predicted molar refractivity (Wildman–Crippen MR) is 93.8 cm³/mol. The van der Waals surface area contributed by atoms with Crippen molar-refractivity contribution >= 4 is 0 Å². The Morgan fingerprint density at radius 1 is 0.762 bits per heavy atom. The van der Waals surface area contributed by atoms with Crippen LogP contribution in [0.15, 0.2) is 0 Å². The maximum Gasteiger partial charge on any atom is 0.0812 e. The molecule has 0 aromatic heterocycles. The first kappa shape index (κ1) is 19.0. The van der Waals surface area contributed by atoms with Crippen LogP contribution in [0.4, 0.5) is 0 Å². The van der Waals surface area contributed by atoms with Crippen molar-refractivity contribution in [3.05, 3.63) is 0 Å². The van der Waals surface area contributed by atoms with Crippen molar-refractivity contribution in [2.75, 3.05) is 6.61 Å². The predicted octanol–water partition coefficient (Wildman–Crippen LogP) is 6.89. The van der Waals surface area contributed by atoms with Crippen molar-refractivity contribution in [2.45, 2.75) is 116 Å². The van der Waals surface area contributed by atoms with E-state index in [1.54, 1.807) is 0 Å². The number of rotatable bonds is 16. The second kappa shape index (κ2) is 13.6. The number of unbranched alkanes of at least 4 members (excludes halogenated alkanes) is 11. The summed E-state index contributed by atoms with van der Waals surface area (Å²) in [5.41, 5.74) is 0. The lowest BCUT2D eigenvalue weighted by atomic mass is 9.93. The van der Waals surface area contributed by atoms with Gasteiger partial charge in [-0.3, -0.25) is 0 Å². The number of epoxide rings is 1. The molecular weight excluding hydrogens is 256 g/mol. The highest BCUT2D eigenvalue weighted by molar-refractivity contribution is 4.73. The fourth-order valence-corrected chi connectivity index (χ4v) is 3.34. The minimum atomic E-state index is 0.632. The van der Waals surface area contributed by atoms with Crippen LogP contribution in [0, 0.1) is 5.92 Å². The highest BCUT2D eigenvalue weighted by Gasteiger charge is 2.25. The Labute approximate surface area is 134 Å². The van der Waals surface area contributed by atoms with Gasteiger partial charge in [0.25, 0.3) is 0 Å². The van der Waals surface area contributed by atoms with E-state index in [0.717, 1.165) is 12.5 Å². The largest absolute Gasteiger partial charge is 0.373 e. The molecule has 0 spiro atoms. The summed E-state index contributed by atoms with van der Waals surface area (Å²) in [4.78, 5) is 0. The lowest BCUT2D eigenvalue weighted by Crippen LogP contribution is -2.03. The van der Waals surface area contributed by atoms with Gasteiger partial charge in [-0.15, -0.1) is 0 Å². The number of ether oxygens (including phenoxy) is 1. The summed E-state index contributed by atoms with van der Waals surface area (Å²) in [6, 6.07) is 0. The van der Waals surface area contributed by atoms with Gasteiger partial charge in [0.2, 0.25) is 0 Å². The molecule has 0 bridgehead atoms. The summed E-state index contributed by atoms with van der Waals surface area (Å²) in [5, 5.41) is 0. The van der Waals surface area contributed by atoms with Crippen LogP contribution in [-0.2, 0) is 4.74 Å². The molecule has 2 atom stereocenters. The number of hydrogen-bond acceptors (Lipinski definition) is 1. The third kappa shape index (κ3) is 12.2. The molecule has 0 aliphatic carbocycles. The Morgan fingerprint density at radius 2 is 1.24 bits per heavy atom. The lowest BCUT2D eigenvalue weighted by molar-refractivity contribution is 0.329. The SMILES string of the molecule is CCCCCCCCCCCCCCC(CC)CC1CO1. The Kier molecular flexibility index (Phi) is 12.3. The summed E-state index contributed by atoms with van der Waals surface area (Å²) < 4.78 is 5.35. The maximum atomic E-state index is 5.35. The molecule has 2 unspecified atom stereocenters. The third-order valence-corrected chi connectivity index (χ3v) is 5.04. The second-order valence-corrected chi connectivity index (χ2v) is 7.14. The topological polar surface area (TPSA) is 12.5 Å². The fraction of sp³-hybridized carbons (Fsp3) is 1.00.